The number of anilines is 1. The Kier molecular flexibility index (Phi) is 4.10. The fourth-order valence-corrected chi connectivity index (χ4v) is 1.73. The van der Waals surface area contributed by atoms with Crippen LogP contribution in [0.3, 0.4) is 0 Å². The highest BCUT2D eigenvalue weighted by atomic mass is 35.5. The van der Waals surface area contributed by atoms with E-state index in [9.17, 15) is 4.39 Å². The van der Waals surface area contributed by atoms with Crippen LogP contribution in [0.4, 0.5) is 10.2 Å². The molecule has 18 heavy (non-hydrogen) atoms. The molecule has 2 rings (SSSR count). The van der Waals surface area contributed by atoms with Gasteiger partial charge in [-0.2, -0.15) is 0 Å². The molecule has 0 aliphatic rings. The number of halogens is 2. The van der Waals surface area contributed by atoms with Gasteiger partial charge in [-0.3, -0.25) is 0 Å². The zero-order valence-corrected chi connectivity index (χ0v) is 10.7. The van der Waals surface area contributed by atoms with Gasteiger partial charge in [0.1, 0.15) is 11.6 Å². The molecule has 3 nitrogen and oxygen atoms in total. The van der Waals surface area contributed by atoms with E-state index in [2.05, 4.69) is 15.3 Å². The average molecular weight is 266 g/mol. The number of aromatic nitrogens is 2. The first-order valence-electron chi connectivity index (χ1n) is 5.69. The standard InChI is InChI=1S/C13H13ClFN3/c1-2-11-7-12(18-13(14)17-11)16-8-9-3-5-10(15)6-4-9/h3-7H,2,8H2,1H3,(H,16,17,18). The van der Waals surface area contributed by atoms with Gasteiger partial charge in [-0.1, -0.05) is 19.1 Å². The topological polar surface area (TPSA) is 37.8 Å². The van der Waals surface area contributed by atoms with Crippen molar-refractivity contribution in [3.63, 3.8) is 0 Å². The van der Waals surface area contributed by atoms with Crippen molar-refractivity contribution in [1.29, 1.82) is 0 Å². The van der Waals surface area contributed by atoms with E-state index in [1.54, 1.807) is 12.1 Å². The molecule has 0 radical (unpaired) electrons. The van der Waals surface area contributed by atoms with Gasteiger partial charge in [-0.25, -0.2) is 14.4 Å². The van der Waals surface area contributed by atoms with Crippen molar-refractivity contribution >= 4 is 17.4 Å². The van der Waals surface area contributed by atoms with Crippen LogP contribution in [0, 0.1) is 5.82 Å². The van der Waals surface area contributed by atoms with Gasteiger partial charge in [0.2, 0.25) is 5.28 Å². The number of hydrogen-bond acceptors (Lipinski definition) is 3. The molecule has 0 amide bonds. The van der Waals surface area contributed by atoms with Crippen molar-refractivity contribution in [3.05, 3.63) is 52.7 Å². The van der Waals surface area contributed by atoms with Crippen molar-refractivity contribution in [2.24, 2.45) is 0 Å². The molecule has 0 saturated carbocycles. The smallest absolute Gasteiger partial charge is 0.224 e. The maximum atomic E-state index is 12.7. The van der Waals surface area contributed by atoms with E-state index >= 15 is 0 Å². The van der Waals surface area contributed by atoms with Gasteiger partial charge in [0.05, 0.1) is 0 Å². The first kappa shape index (κ1) is 12.8. The van der Waals surface area contributed by atoms with Crippen molar-refractivity contribution in [2.45, 2.75) is 19.9 Å². The molecule has 94 valence electrons. The number of aryl methyl sites for hydroxylation is 1. The maximum Gasteiger partial charge on any atom is 0.224 e. The highest BCUT2D eigenvalue weighted by molar-refractivity contribution is 6.28. The van der Waals surface area contributed by atoms with Crippen LogP contribution in [0.5, 0.6) is 0 Å². The highest BCUT2D eigenvalue weighted by Gasteiger charge is 2.01. The summed E-state index contributed by atoms with van der Waals surface area (Å²) in [4.78, 5) is 8.17. The van der Waals surface area contributed by atoms with E-state index in [0.717, 1.165) is 17.7 Å². The molecule has 0 aliphatic heterocycles. The summed E-state index contributed by atoms with van der Waals surface area (Å²) < 4.78 is 12.7. The Labute approximate surface area is 110 Å². The van der Waals surface area contributed by atoms with Crippen LogP contribution in [0.15, 0.2) is 30.3 Å². The summed E-state index contributed by atoms with van der Waals surface area (Å²) in [5.74, 6) is 0.438. The second kappa shape index (κ2) is 5.78. The predicted octanol–water partition coefficient (Wildman–Crippen LogP) is 3.44. The van der Waals surface area contributed by atoms with Gasteiger partial charge < -0.3 is 5.32 Å². The van der Waals surface area contributed by atoms with Crippen LogP contribution >= 0.6 is 11.6 Å². The minimum Gasteiger partial charge on any atom is -0.366 e. The Morgan fingerprint density at radius 2 is 1.94 bits per heavy atom. The largest absolute Gasteiger partial charge is 0.366 e. The Morgan fingerprint density at radius 1 is 1.22 bits per heavy atom. The van der Waals surface area contributed by atoms with E-state index in [1.807, 2.05) is 13.0 Å². The molecule has 2 aromatic rings. The van der Waals surface area contributed by atoms with E-state index < -0.39 is 0 Å². The molecule has 0 spiro atoms. The van der Waals surface area contributed by atoms with Crippen LogP contribution in [-0.2, 0) is 13.0 Å². The SMILES string of the molecule is CCc1cc(NCc2ccc(F)cc2)nc(Cl)n1. The third kappa shape index (κ3) is 3.40. The molecule has 1 aromatic heterocycles. The minimum atomic E-state index is -0.239. The second-order valence-electron chi connectivity index (χ2n) is 3.85. The van der Waals surface area contributed by atoms with Crippen LogP contribution in [-0.4, -0.2) is 9.97 Å². The molecule has 1 N–H and O–H groups in total. The Balaban J connectivity index is 2.05. The summed E-state index contributed by atoms with van der Waals surface area (Å²) in [6, 6.07) is 8.18. The van der Waals surface area contributed by atoms with Crippen molar-refractivity contribution < 1.29 is 4.39 Å². The lowest BCUT2D eigenvalue weighted by atomic mass is 10.2. The van der Waals surface area contributed by atoms with E-state index in [4.69, 9.17) is 11.6 Å². The number of rotatable bonds is 4. The van der Waals surface area contributed by atoms with Gasteiger partial charge in [0, 0.05) is 18.3 Å². The number of nitrogens with zero attached hydrogens (tertiary/aromatic N) is 2. The minimum absolute atomic E-state index is 0.232. The molecule has 1 heterocycles. The fraction of sp³-hybridized carbons (Fsp3) is 0.231. The van der Waals surface area contributed by atoms with Gasteiger partial charge >= 0.3 is 0 Å². The van der Waals surface area contributed by atoms with Gasteiger partial charge in [0.25, 0.3) is 0 Å². The third-order valence-corrected chi connectivity index (χ3v) is 2.67. The number of nitrogens with one attached hydrogen (secondary N) is 1. The monoisotopic (exact) mass is 265 g/mol. The number of benzene rings is 1. The maximum absolute atomic E-state index is 12.7. The molecular weight excluding hydrogens is 253 g/mol. The summed E-state index contributed by atoms with van der Waals surface area (Å²) in [5.41, 5.74) is 1.86. The molecule has 0 fully saturated rings. The van der Waals surface area contributed by atoms with Crippen LogP contribution in [0.25, 0.3) is 0 Å². The summed E-state index contributed by atoms with van der Waals surface area (Å²) >= 11 is 5.82. The van der Waals surface area contributed by atoms with Crippen molar-refractivity contribution in [3.8, 4) is 0 Å². The zero-order chi connectivity index (χ0) is 13.0. The number of hydrogen-bond donors (Lipinski definition) is 1. The first-order chi connectivity index (χ1) is 8.67. The van der Waals surface area contributed by atoms with Gasteiger partial charge in [0.15, 0.2) is 0 Å². The summed E-state index contributed by atoms with van der Waals surface area (Å²) in [5, 5.41) is 3.37. The predicted molar refractivity (Wildman–Crippen MR) is 70.1 cm³/mol. The highest BCUT2D eigenvalue weighted by Crippen LogP contribution is 2.12. The molecule has 0 aliphatic carbocycles. The lowest BCUT2D eigenvalue weighted by Crippen LogP contribution is -2.03. The van der Waals surface area contributed by atoms with E-state index in [1.165, 1.54) is 12.1 Å². The lowest BCUT2D eigenvalue weighted by Gasteiger charge is -2.07. The van der Waals surface area contributed by atoms with E-state index in [0.29, 0.717) is 12.4 Å². The quantitative estimate of drug-likeness (QED) is 0.861. The Hall–Kier alpha value is -1.68. The second-order valence-corrected chi connectivity index (χ2v) is 4.19. The molecule has 0 atom stereocenters. The summed E-state index contributed by atoms with van der Waals surface area (Å²) in [6.45, 7) is 2.57. The van der Waals surface area contributed by atoms with Gasteiger partial charge in [-0.15, -0.1) is 0 Å². The van der Waals surface area contributed by atoms with Crippen molar-refractivity contribution in [2.75, 3.05) is 5.32 Å². The molecule has 0 bridgehead atoms. The van der Waals surface area contributed by atoms with Gasteiger partial charge in [-0.05, 0) is 35.7 Å². The van der Waals surface area contributed by atoms with E-state index in [-0.39, 0.29) is 11.1 Å². The zero-order valence-electron chi connectivity index (χ0n) is 9.95. The average Bonchev–Trinajstić information content (AvgIpc) is 2.37. The first-order valence-corrected chi connectivity index (χ1v) is 6.07. The van der Waals surface area contributed by atoms with Crippen LogP contribution < -0.4 is 5.32 Å². The molecule has 0 unspecified atom stereocenters. The normalized spacial score (nSPS) is 10.4. The third-order valence-electron chi connectivity index (χ3n) is 2.50. The molecule has 5 heteroatoms. The Bertz CT molecular complexity index is 528. The summed E-state index contributed by atoms with van der Waals surface area (Å²) in [6.07, 6.45) is 0.799. The molecule has 0 saturated heterocycles. The van der Waals surface area contributed by atoms with Crippen LogP contribution in [0.2, 0.25) is 5.28 Å². The summed E-state index contributed by atoms with van der Waals surface area (Å²) in [7, 11) is 0. The molecule has 1 aromatic carbocycles. The molecular formula is C13H13ClFN3. The lowest BCUT2D eigenvalue weighted by molar-refractivity contribution is 0.627. The fourth-order valence-electron chi connectivity index (χ4n) is 1.53. The van der Waals surface area contributed by atoms with Crippen LogP contribution in [0.1, 0.15) is 18.2 Å². The van der Waals surface area contributed by atoms with Crippen molar-refractivity contribution in [1.82, 2.24) is 9.97 Å². The Morgan fingerprint density at radius 3 is 2.61 bits per heavy atom.